The molecule has 0 saturated carbocycles. The number of amides is 1. The van der Waals surface area contributed by atoms with Gasteiger partial charge in [0.25, 0.3) is 0 Å². The number of carbonyl (C=O) groups excluding carboxylic acids is 2. The number of ether oxygens (including phenoxy) is 1. The van der Waals surface area contributed by atoms with Gasteiger partial charge in [0.1, 0.15) is 5.75 Å². The number of ketones is 1. The van der Waals surface area contributed by atoms with Crippen molar-refractivity contribution >= 4 is 11.7 Å². The van der Waals surface area contributed by atoms with E-state index >= 15 is 0 Å². The SMILES string of the molecule is CC(C)Oc1ccccc1C(=O)C1CCCCC(=O)N1. The molecule has 1 aliphatic heterocycles. The van der Waals surface area contributed by atoms with E-state index in [0.717, 1.165) is 12.8 Å². The van der Waals surface area contributed by atoms with Gasteiger partial charge in [-0.2, -0.15) is 0 Å². The lowest BCUT2D eigenvalue weighted by Gasteiger charge is -2.18. The number of nitrogens with one attached hydrogen (secondary N) is 1. The second-order valence-corrected chi connectivity index (χ2v) is 5.39. The highest BCUT2D eigenvalue weighted by Crippen LogP contribution is 2.23. The van der Waals surface area contributed by atoms with Crippen molar-refractivity contribution in [1.29, 1.82) is 0 Å². The summed E-state index contributed by atoms with van der Waals surface area (Å²) in [6.07, 6.45) is 2.95. The van der Waals surface area contributed by atoms with E-state index in [-0.39, 0.29) is 17.8 Å². The fraction of sp³-hybridized carbons (Fsp3) is 0.500. The van der Waals surface area contributed by atoms with Crippen LogP contribution in [0.3, 0.4) is 0 Å². The Morgan fingerprint density at radius 3 is 2.80 bits per heavy atom. The molecule has 1 amide bonds. The first kappa shape index (κ1) is 14.6. The molecule has 108 valence electrons. The largest absolute Gasteiger partial charge is 0.490 e. The third-order valence-corrected chi connectivity index (χ3v) is 3.31. The van der Waals surface area contributed by atoms with Crippen molar-refractivity contribution < 1.29 is 14.3 Å². The van der Waals surface area contributed by atoms with Gasteiger partial charge < -0.3 is 10.1 Å². The third-order valence-electron chi connectivity index (χ3n) is 3.31. The van der Waals surface area contributed by atoms with Crippen molar-refractivity contribution in [1.82, 2.24) is 5.32 Å². The Balaban J connectivity index is 2.21. The predicted octanol–water partition coefficient (Wildman–Crippen LogP) is 2.72. The molecule has 1 unspecified atom stereocenters. The highest BCUT2D eigenvalue weighted by Gasteiger charge is 2.26. The summed E-state index contributed by atoms with van der Waals surface area (Å²) in [7, 11) is 0. The molecule has 1 saturated heterocycles. The van der Waals surface area contributed by atoms with Gasteiger partial charge in [0.2, 0.25) is 5.91 Å². The Bertz CT molecular complexity index is 496. The molecular formula is C16H21NO3. The van der Waals surface area contributed by atoms with Crippen molar-refractivity contribution in [3.63, 3.8) is 0 Å². The lowest BCUT2D eigenvalue weighted by atomic mass is 9.99. The number of hydrogen-bond donors (Lipinski definition) is 1. The molecule has 0 aliphatic carbocycles. The van der Waals surface area contributed by atoms with Crippen LogP contribution in [0.5, 0.6) is 5.75 Å². The van der Waals surface area contributed by atoms with Crippen molar-refractivity contribution in [3.8, 4) is 5.75 Å². The van der Waals surface area contributed by atoms with Crippen LogP contribution in [0.2, 0.25) is 0 Å². The summed E-state index contributed by atoms with van der Waals surface area (Å²) in [5, 5.41) is 2.81. The van der Waals surface area contributed by atoms with Crippen LogP contribution in [0.15, 0.2) is 24.3 Å². The zero-order chi connectivity index (χ0) is 14.5. The van der Waals surface area contributed by atoms with Gasteiger partial charge in [0.05, 0.1) is 17.7 Å². The lowest BCUT2D eigenvalue weighted by molar-refractivity contribution is -0.121. The number of Topliss-reactive ketones (excluding diaryl/α,β-unsaturated/α-hetero) is 1. The zero-order valence-corrected chi connectivity index (χ0v) is 12.0. The van der Waals surface area contributed by atoms with Gasteiger partial charge in [-0.3, -0.25) is 9.59 Å². The second kappa shape index (κ2) is 6.55. The first-order valence-electron chi connectivity index (χ1n) is 7.17. The zero-order valence-electron chi connectivity index (χ0n) is 12.0. The molecule has 20 heavy (non-hydrogen) atoms. The Kier molecular flexibility index (Phi) is 4.77. The molecule has 4 nitrogen and oxygen atoms in total. The minimum absolute atomic E-state index is 0.00711. The minimum Gasteiger partial charge on any atom is -0.490 e. The topological polar surface area (TPSA) is 55.4 Å². The second-order valence-electron chi connectivity index (χ2n) is 5.39. The van der Waals surface area contributed by atoms with Crippen molar-refractivity contribution in [2.24, 2.45) is 0 Å². The Hall–Kier alpha value is -1.84. The summed E-state index contributed by atoms with van der Waals surface area (Å²) in [5.41, 5.74) is 0.549. The van der Waals surface area contributed by atoms with E-state index in [2.05, 4.69) is 5.32 Å². The van der Waals surface area contributed by atoms with Gasteiger partial charge in [-0.05, 0) is 38.8 Å². The van der Waals surface area contributed by atoms with Crippen LogP contribution in [0.25, 0.3) is 0 Å². The monoisotopic (exact) mass is 275 g/mol. The van der Waals surface area contributed by atoms with E-state index in [9.17, 15) is 9.59 Å². The Morgan fingerprint density at radius 1 is 1.30 bits per heavy atom. The molecule has 1 aliphatic rings. The summed E-state index contributed by atoms with van der Waals surface area (Å²) in [4.78, 5) is 24.2. The minimum atomic E-state index is -0.429. The molecule has 1 aromatic carbocycles. The van der Waals surface area contributed by atoms with E-state index < -0.39 is 6.04 Å². The van der Waals surface area contributed by atoms with Gasteiger partial charge in [-0.15, -0.1) is 0 Å². The van der Waals surface area contributed by atoms with Gasteiger partial charge in [-0.1, -0.05) is 18.6 Å². The summed E-state index contributed by atoms with van der Waals surface area (Å²) in [5.74, 6) is 0.491. The van der Waals surface area contributed by atoms with Crippen molar-refractivity contribution in [2.75, 3.05) is 0 Å². The molecule has 1 heterocycles. The molecule has 1 aromatic rings. The predicted molar refractivity (Wildman–Crippen MR) is 76.9 cm³/mol. The van der Waals surface area contributed by atoms with Crippen LogP contribution in [0.4, 0.5) is 0 Å². The summed E-state index contributed by atoms with van der Waals surface area (Å²) in [6, 6.07) is 6.80. The quantitative estimate of drug-likeness (QED) is 0.860. The van der Waals surface area contributed by atoms with Gasteiger partial charge in [0.15, 0.2) is 5.78 Å². The van der Waals surface area contributed by atoms with Gasteiger partial charge in [0, 0.05) is 6.42 Å². The van der Waals surface area contributed by atoms with E-state index in [0.29, 0.717) is 24.2 Å². The molecule has 0 bridgehead atoms. The number of rotatable bonds is 4. The standard InChI is InChI=1S/C16H21NO3/c1-11(2)20-14-9-5-3-7-12(14)16(19)13-8-4-6-10-15(18)17-13/h3,5,7,9,11,13H,4,6,8,10H2,1-2H3,(H,17,18). The van der Waals surface area contributed by atoms with Crippen molar-refractivity contribution in [2.45, 2.75) is 51.7 Å². The van der Waals surface area contributed by atoms with Gasteiger partial charge >= 0.3 is 0 Å². The average molecular weight is 275 g/mol. The van der Waals surface area contributed by atoms with Crippen LogP contribution in [0, 0.1) is 0 Å². The van der Waals surface area contributed by atoms with Crippen LogP contribution in [0.1, 0.15) is 49.9 Å². The fourth-order valence-electron chi connectivity index (χ4n) is 2.38. The Labute approximate surface area is 119 Å². The van der Waals surface area contributed by atoms with Crippen LogP contribution < -0.4 is 10.1 Å². The molecule has 1 atom stereocenters. The molecule has 4 heteroatoms. The lowest BCUT2D eigenvalue weighted by Crippen LogP contribution is -2.39. The molecular weight excluding hydrogens is 254 g/mol. The smallest absolute Gasteiger partial charge is 0.220 e. The number of benzene rings is 1. The van der Waals surface area contributed by atoms with E-state index in [1.807, 2.05) is 26.0 Å². The van der Waals surface area contributed by atoms with Crippen molar-refractivity contribution in [3.05, 3.63) is 29.8 Å². The highest BCUT2D eigenvalue weighted by atomic mass is 16.5. The Morgan fingerprint density at radius 2 is 2.05 bits per heavy atom. The number of hydrogen-bond acceptors (Lipinski definition) is 3. The maximum Gasteiger partial charge on any atom is 0.220 e. The maximum atomic E-state index is 12.6. The molecule has 1 fully saturated rings. The number of para-hydroxylation sites is 1. The maximum absolute atomic E-state index is 12.6. The van der Waals surface area contributed by atoms with Crippen LogP contribution in [-0.4, -0.2) is 23.8 Å². The van der Waals surface area contributed by atoms with E-state index in [1.54, 1.807) is 12.1 Å². The third kappa shape index (κ3) is 3.59. The first-order valence-corrected chi connectivity index (χ1v) is 7.17. The first-order chi connectivity index (χ1) is 9.58. The normalized spacial score (nSPS) is 19.4. The van der Waals surface area contributed by atoms with Crippen LogP contribution >= 0.6 is 0 Å². The highest BCUT2D eigenvalue weighted by molar-refractivity contribution is 6.04. The summed E-state index contributed by atoms with van der Waals surface area (Å²) >= 11 is 0. The van der Waals surface area contributed by atoms with Crippen LogP contribution in [-0.2, 0) is 4.79 Å². The molecule has 2 rings (SSSR count). The molecule has 0 aromatic heterocycles. The fourth-order valence-corrected chi connectivity index (χ4v) is 2.38. The average Bonchev–Trinajstić information content (AvgIpc) is 2.62. The van der Waals surface area contributed by atoms with E-state index in [4.69, 9.17) is 4.74 Å². The van der Waals surface area contributed by atoms with E-state index in [1.165, 1.54) is 0 Å². The summed E-state index contributed by atoms with van der Waals surface area (Å²) < 4.78 is 5.68. The molecule has 1 N–H and O–H groups in total. The molecule has 0 radical (unpaired) electrons. The van der Waals surface area contributed by atoms with Gasteiger partial charge in [-0.25, -0.2) is 0 Å². The number of carbonyl (C=O) groups is 2. The molecule has 0 spiro atoms. The summed E-state index contributed by atoms with van der Waals surface area (Å²) in [6.45, 7) is 3.85.